The van der Waals surface area contributed by atoms with Crippen LogP contribution >= 0.6 is 27.7 Å². The molecule has 114 valence electrons. The van der Waals surface area contributed by atoms with Gasteiger partial charge in [-0.25, -0.2) is 4.79 Å². The zero-order chi connectivity index (χ0) is 16.1. The first kappa shape index (κ1) is 16.2. The summed E-state index contributed by atoms with van der Waals surface area (Å²) in [6.45, 7) is 0. The minimum Gasteiger partial charge on any atom is -0.507 e. The third-order valence-corrected chi connectivity index (χ3v) is 3.96. The lowest BCUT2D eigenvalue weighted by Crippen LogP contribution is -2.19. The van der Waals surface area contributed by atoms with E-state index in [1.54, 1.807) is 12.1 Å². The molecule has 7 nitrogen and oxygen atoms in total. The molecule has 0 saturated carbocycles. The second-order valence-electron chi connectivity index (χ2n) is 3.95. The Balaban J connectivity index is 2.06. The maximum Gasteiger partial charge on any atom is 0.331 e. The van der Waals surface area contributed by atoms with Crippen molar-refractivity contribution in [3.8, 4) is 5.75 Å². The maximum atomic E-state index is 11.6. The van der Waals surface area contributed by atoms with E-state index in [1.807, 2.05) is 0 Å². The molecule has 1 fully saturated rings. The zero-order valence-electron chi connectivity index (χ0n) is 11.2. The molecule has 1 amide bonds. The van der Waals surface area contributed by atoms with Gasteiger partial charge in [0.05, 0.1) is 22.7 Å². The van der Waals surface area contributed by atoms with Gasteiger partial charge in [-0.15, -0.1) is 5.10 Å². The van der Waals surface area contributed by atoms with Gasteiger partial charge in [-0.1, -0.05) is 0 Å². The van der Waals surface area contributed by atoms with Crippen LogP contribution in [0.3, 0.4) is 0 Å². The molecule has 0 spiro atoms. The van der Waals surface area contributed by atoms with Gasteiger partial charge in [0.25, 0.3) is 5.91 Å². The van der Waals surface area contributed by atoms with E-state index in [0.29, 0.717) is 10.0 Å². The van der Waals surface area contributed by atoms with E-state index in [-0.39, 0.29) is 15.8 Å². The van der Waals surface area contributed by atoms with Crippen molar-refractivity contribution < 1.29 is 19.4 Å². The van der Waals surface area contributed by atoms with Crippen LogP contribution in [0.1, 0.15) is 5.56 Å². The minimum atomic E-state index is -0.614. The van der Waals surface area contributed by atoms with E-state index in [4.69, 9.17) is 0 Å². The number of carbonyl (C=O) groups excluding carboxylic acids is 2. The number of hydrogen-bond donors (Lipinski definition) is 2. The molecule has 1 saturated heterocycles. The van der Waals surface area contributed by atoms with Crippen LogP contribution in [-0.4, -0.2) is 35.5 Å². The number of methoxy groups -OCH3 is 1. The highest BCUT2D eigenvalue weighted by molar-refractivity contribution is 9.10. The molecular formula is C13H10BrN3O4S. The number of amidine groups is 1. The summed E-state index contributed by atoms with van der Waals surface area (Å²) >= 11 is 4.18. The number of hydrogen-bond acceptors (Lipinski definition) is 7. The van der Waals surface area contributed by atoms with Gasteiger partial charge in [0, 0.05) is 6.08 Å². The summed E-state index contributed by atoms with van der Waals surface area (Å²) in [6.07, 6.45) is 2.55. The fraction of sp³-hybridized carbons (Fsp3) is 0.0769. The summed E-state index contributed by atoms with van der Waals surface area (Å²) in [5, 5.41) is 19.8. The first-order valence-corrected chi connectivity index (χ1v) is 7.49. The molecule has 0 unspecified atom stereocenters. The normalized spacial score (nSPS) is 18.2. The molecule has 0 aliphatic carbocycles. The Morgan fingerprint density at radius 1 is 1.50 bits per heavy atom. The van der Waals surface area contributed by atoms with Gasteiger partial charge in [-0.05, 0) is 51.5 Å². The summed E-state index contributed by atoms with van der Waals surface area (Å²) in [7, 11) is 1.23. The molecule has 1 aliphatic heterocycles. The molecule has 1 heterocycles. The molecule has 1 aromatic carbocycles. The number of phenolic OH excluding ortho intramolecular Hbond substituents is 1. The van der Waals surface area contributed by atoms with Crippen LogP contribution in [0.5, 0.6) is 5.75 Å². The lowest BCUT2D eigenvalue weighted by Gasteiger charge is -1.96. The quantitative estimate of drug-likeness (QED) is 0.358. The smallest absolute Gasteiger partial charge is 0.331 e. The summed E-state index contributed by atoms with van der Waals surface area (Å²) in [6, 6.07) is 4.84. The van der Waals surface area contributed by atoms with Crippen LogP contribution in [0.25, 0.3) is 0 Å². The van der Waals surface area contributed by atoms with Crippen molar-refractivity contribution in [2.45, 2.75) is 0 Å². The van der Waals surface area contributed by atoms with E-state index in [9.17, 15) is 14.7 Å². The molecule has 1 aromatic rings. The van der Waals surface area contributed by atoms with Crippen molar-refractivity contribution in [2.24, 2.45) is 10.2 Å². The first-order valence-electron chi connectivity index (χ1n) is 5.88. The van der Waals surface area contributed by atoms with Gasteiger partial charge in [0.2, 0.25) is 0 Å². The highest BCUT2D eigenvalue weighted by Gasteiger charge is 2.24. The Morgan fingerprint density at radius 2 is 2.27 bits per heavy atom. The predicted molar refractivity (Wildman–Crippen MR) is 86.7 cm³/mol. The highest BCUT2D eigenvalue weighted by Crippen LogP contribution is 2.24. The Hall–Kier alpha value is -2.13. The van der Waals surface area contributed by atoms with Gasteiger partial charge in [0.15, 0.2) is 5.17 Å². The lowest BCUT2D eigenvalue weighted by molar-refractivity contribution is -0.135. The van der Waals surface area contributed by atoms with Crippen molar-refractivity contribution >= 4 is 51.0 Å². The van der Waals surface area contributed by atoms with Crippen LogP contribution in [0, 0.1) is 0 Å². The Bertz CT molecular complexity index is 715. The number of phenols is 1. The number of amides is 1. The van der Waals surface area contributed by atoms with Crippen LogP contribution in [0.2, 0.25) is 0 Å². The maximum absolute atomic E-state index is 11.6. The van der Waals surface area contributed by atoms with Crippen molar-refractivity contribution in [1.82, 2.24) is 5.32 Å². The average Bonchev–Trinajstić information content (AvgIpc) is 2.83. The summed E-state index contributed by atoms with van der Waals surface area (Å²) in [5.41, 5.74) is 0.716. The summed E-state index contributed by atoms with van der Waals surface area (Å²) in [4.78, 5) is 22.9. The van der Waals surface area contributed by atoms with E-state index in [0.717, 1.165) is 17.8 Å². The molecule has 22 heavy (non-hydrogen) atoms. The van der Waals surface area contributed by atoms with E-state index in [1.165, 1.54) is 19.4 Å². The first-order chi connectivity index (χ1) is 10.5. The molecule has 0 aromatic heterocycles. The van der Waals surface area contributed by atoms with E-state index >= 15 is 0 Å². The highest BCUT2D eigenvalue weighted by atomic mass is 79.9. The summed E-state index contributed by atoms with van der Waals surface area (Å²) in [5.74, 6) is -0.923. The predicted octanol–water partition coefficient (Wildman–Crippen LogP) is 1.76. The van der Waals surface area contributed by atoms with Crippen LogP contribution in [-0.2, 0) is 14.3 Å². The topological polar surface area (TPSA) is 100 Å². The Morgan fingerprint density at radius 3 is 2.95 bits per heavy atom. The largest absolute Gasteiger partial charge is 0.507 e. The van der Waals surface area contributed by atoms with Crippen molar-refractivity contribution in [2.75, 3.05) is 7.11 Å². The fourth-order valence-corrected chi connectivity index (χ4v) is 2.53. The average molecular weight is 384 g/mol. The fourth-order valence-electron chi connectivity index (χ4n) is 1.39. The molecule has 1 aliphatic rings. The number of aromatic hydroxyl groups is 1. The van der Waals surface area contributed by atoms with Crippen molar-refractivity contribution in [3.05, 3.63) is 39.2 Å². The zero-order valence-corrected chi connectivity index (χ0v) is 13.6. The molecule has 0 radical (unpaired) electrons. The van der Waals surface area contributed by atoms with Crippen molar-refractivity contribution in [1.29, 1.82) is 0 Å². The third kappa shape index (κ3) is 4.18. The minimum absolute atomic E-state index is 0.125. The molecule has 0 atom stereocenters. The number of benzene rings is 1. The molecule has 2 N–H and O–H groups in total. The van der Waals surface area contributed by atoms with Gasteiger partial charge >= 0.3 is 5.97 Å². The number of nitrogens with one attached hydrogen (secondary N) is 1. The number of rotatable bonds is 3. The molecule has 9 heteroatoms. The summed E-state index contributed by atoms with van der Waals surface area (Å²) < 4.78 is 4.99. The second kappa shape index (κ2) is 7.23. The number of ether oxygens (including phenoxy) is 1. The van der Waals surface area contributed by atoms with Crippen LogP contribution in [0.15, 0.2) is 43.9 Å². The van der Waals surface area contributed by atoms with Gasteiger partial charge in [0.1, 0.15) is 5.75 Å². The Kier molecular flexibility index (Phi) is 5.34. The van der Waals surface area contributed by atoms with Crippen LogP contribution in [0.4, 0.5) is 0 Å². The molecule has 2 rings (SSSR count). The SMILES string of the molecule is COC(=O)/C=C1/S/C(=N\N=Cc2ccc(O)c(Br)c2)NC1=O. The van der Waals surface area contributed by atoms with Gasteiger partial charge in [-0.3, -0.25) is 10.1 Å². The van der Waals surface area contributed by atoms with Gasteiger partial charge < -0.3 is 9.84 Å². The number of nitrogens with zero attached hydrogens (tertiary/aromatic N) is 2. The van der Waals surface area contributed by atoms with E-state index in [2.05, 4.69) is 36.2 Å². The Labute approximate surface area is 138 Å². The third-order valence-electron chi connectivity index (χ3n) is 2.43. The second-order valence-corrected chi connectivity index (χ2v) is 5.83. The number of esters is 1. The van der Waals surface area contributed by atoms with E-state index < -0.39 is 11.9 Å². The lowest BCUT2D eigenvalue weighted by atomic mass is 10.2. The van der Waals surface area contributed by atoms with Crippen molar-refractivity contribution in [3.63, 3.8) is 0 Å². The number of halogens is 1. The molecular weight excluding hydrogens is 374 g/mol. The monoisotopic (exact) mass is 383 g/mol. The number of carbonyl (C=O) groups is 2. The van der Waals surface area contributed by atoms with Gasteiger partial charge in [-0.2, -0.15) is 5.10 Å². The number of thioether (sulfide) groups is 1. The molecule has 0 bridgehead atoms. The van der Waals surface area contributed by atoms with Crippen LogP contribution < -0.4 is 5.32 Å². The standard InChI is InChI=1S/C13H10BrN3O4S/c1-21-11(19)5-10-12(20)16-13(22-10)17-15-6-7-2-3-9(18)8(14)4-7/h2-6,18H,1H3,(H,16,17,20)/b10-5+,15-6?.